The van der Waals surface area contributed by atoms with E-state index in [0.29, 0.717) is 5.56 Å². The van der Waals surface area contributed by atoms with Gasteiger partial charge in [0.2, 0.25) is 5.91 Å². The largest absolute Gasteiger partial charge is 0.369 e. The van der Waals surface area contributed by atoms with Crippen LogP contribution in [0, 0.1) is 24.2 Å². The second-order valence-electron chi connectivity index (χ2n) is 5.47. The number of hydrogen-bond acceptors (Lipinski definition) is 3. The van der Waals surface area contributed by atoms with Gasteiger partial charge in [0.1, 0.15) is 0 Å². The summed E-state index contributed by atoms with van der Waals surface area (Å²) in [5.74, 6) is 4.98. The lowest BCUT2D eigenvalue weighted by atomic mass is 9.92. The van der Waals surface area contributed by atoms with E-state index in [9.17, 15) is 9.59 Å². The average molecular weight is 287 g/mol. The molecule has 0 atom stereocenters. The summed E-state index contributed by atoms with van der Waals surface area (Å²) >= 11 is 0. The van der Waals surface area contributed by atoms with Crippen molar-refractivity contribution >= 4 is 11.8 Å². The number of carbonyl (C=O) groups excluding carboxylic acids is 2. The van der Waals surface area contributed by atoms with Gasteiger partial charge in [0, 0.05) is 17.7 Å². The Morgan fingerprint density at radius 1 is 1.33 bits per heavy atom. The van der Waals surface area contributed by atoms with Crippen LogP contribution in [-0.2, 0) is 4.79 Å². The van der Waals surface area contributed by atoms with Crippen molar-refractivity contribution in [2.75, 3.05) is 13.1 Å². The van der Waals surface area contributed by atoms with Crippen molar-refractivity contribution in [1.29, 1.82) is 0 Å². The molecule has 112 valence electrons. The summed E-state index contributed by atoms with van der Waals surface area (Å²) < 4.78 is 0. The van der Waals surface area contributed by atoms with Gasteiger partial charge in [-0.25, -0.2) is 0 Å². The van der Waals surface area contributed by atoms with Crippen LogP contribution in [0.25, 0.3) is 0 Å². The molecule has 0 aliphatic rings. The SMILES string of the molecule is Cc1ccc(C(=O)NCC(C)(C)C(N)=O)cc1C#CCN. The van der Waals surface area contributed by atoms with Crippen molar-refractivity contribution in [1.82, 2.24) is 5.32 Å². The van der Waals surface area contributed by atoms with Gasteiger partial charge in [-0.3, -0.25) is 9.59 Å². The van der Waals surface area contributed by atoms with E-state index in [1.54, 1.807) is 26.0 Å². The van der Waals surface area contributed by atoms with E-state index in [1.807, 2.05) is 13.0 Å². The zero-order valence-electron chi connectivity index (χ0n) is 12.6. The van der Waals surface area contributed by atoms with E-state index in [-0.39, 0.29) is 19.0 Å². The minimum atomic E-state index is -0.789. The molecule has 1 aromatic carbocycles. The van der Waals surface area contributed by atoms with Gasteiger partial charge in [0.15, 0.2) is 0 Å². The smallest absolute Gasteiger partial charge is 0.251 e. The lowest BCUT2D eigenvalue weighted by molar-refractivity contribution is -0.125. The van der Waals surface area contributed by atoms with Crippen LogP contribution in [0.5, 0.6) is 0 Å². The van der Waals surface area contributed by atoms with Crippen LogP contribution in [0.2, 0.25) is 0 Å². The molecular formula is C16H21N3O2. The molecule has 1 aromatic rings. The van der Waals surface area contributed by atoms with E-state index in [1.165, 1.54) is 0 Å². The molecule has 1 rings (SSSR count). The van der Waals surface area contributed by atoms with E-state index < -0.39 is 11.3 Å². The zero-order chi connectivity index (χ0) is 16.0. The Morgan fingerprint density at radius 3 is 2.57 bits per heavy atom. The fourth-order valence-corrected chi connectivity index (χ4v) is 1.53. The number of amides is 2. The standard InChI is InChI=1S/C16H21N3O2/c1-11-6-7-13(9-12(11)5-4-8-17)14(20)19-10-16(2,3)15(18)21/h6-7,9H,8,10,17H2,1-3H3,(H2,18,21)(H,19,20). The Bertz CT molecular complexity index is 610. The minimum absolute atomic E-state index is 0.179. The number of nitrogens with two attached hydrogens (primary N) is 2. The lowest BCUT2D eigenvalue weighted by Gasteiger charge is -2.20. The van der Waals surface area contributed by atoms with Crippen LogP contribution in [0.3, 0.4) is 0 Å². The van der Waals surface area contributed by atoms with E-state index in [0.717, 1.165) is 11.1 Å². The summed E-state index contributed by atoms with van der Waals surface area (Å²) in [4.78, 5) is 23.3. The van der Waals surface area contributed by atoms with Crippen molar-refractivity contribution in [3.63, 3.8) is 0 Å². The van der Waals surface area contributed by atoms with Crippen LogP contribution in [0.15, 0.2) is 18.2 Å². The number of aryl methyl sites for hydroxylation is 1. The maximum Gasteiger partial charge on any atom is 0.251 e. The first-order valence-corrected chi connectivity index (χ1v) is 6.65. The third-order valence-corrected chi connectivity index (χ3v) is 3.18. The Hall–Kier alpha value is -2.32. The molecule has 0 radical (unpaired) electrons. The Labute approximate surface area is 125 Å². The molecule has 0 aliphatic carbocycles. The molecular weight excluding hydrogens is 266 g/mol. The van der Waals surface area contributed by atoms with Crippen LogP contribution < -0.4 is 16.8 Å². The molecule has 0 fully saturated rings. The van der Waals surface area contributed by atoms with Gasteiger partial charge in [0.25, 0.3) is 5.91 Å². The maximum absolute atomic E-state index is 12.1. The molecule has 2 amide bonds. The maximum atomic E-state index is 12.1. The normalized spacial score (nSPS) is 10.5. The summed E-state index contributed by atoms with van der Waals surface area (Å²) in [5, 5.41) is 2.71. The van der Waals surface area contributed by atoms with E-state index in [4.69, 9.17) is 11.5 Å². The topological polar surface area (TPSA) is 98.2 Å². The van der Waals surface area contributed by atoms with Crippen molar-refractivity contribution in [2.24, 2.45) is 16.9 Å². The first-order chi connectivity index (χ1) is 9.77. The molecule has 0 aliphatic heterocycles. The molecule has 5 heteroatoms. The van der Waals surface area contributed by atoms with Crippen LogP contribution in [-0.4, -0.2) is 24.9 Å². The predicted octanol–water partition coefficient (Wildman–Crippen LogP) is 0.547. The van der Waals surface area contributed by atoms with Gasteiger partial charge in [-0.05, 0) is 38.5 Å². The molecule has 0 heterocycles. The summed E-state index contributed by atoms with van der Waals surface area (Å²) in [5.41, 5.74) is 12.1. The zero-order valence-corrected chi connectivity index (χ0v) is 12.6. The summed E-state index contributed by atoms with van der Waals surface area (Å²) in [7, 11) is 0. The fourth-order valence-electron chi connectivity index (χ4n) is 1.53. The van der Waals surface area contributed by atoms with Crippen molar-refractivity contribution in [3.8, 4) is 11.8 Å². The second-order valence-corrected chi connectivity index (χ2v) is 5.47. The van der Waals surface area contributed by atoms with E-state index in [2.05, 4.69) is 17.2 Å². The highest BCUT2D eigenvalue weighted by molar-refractivity contribution is 5.95. The summed E-state index contributed by atoms with van der Waals surface area (Å²) in [6, 6.07) is 5.26. The van der Waals surface area contributed by atoms with Crippen molar-refractivity contribution < 1.29 is 9.59 Å². The quantitative estimate of drug-likeness (QED) is 0.705. The van der Waals surface area contributed by atoms with Gasteiger partial charge in [0.05, 0.1) is 12.0 Å². The third kappa shape index (κ3) is 4.62. The highest BCUT2D eigenvalue weighted by Crippen LogP contribution is 2.14. The molecule has 5 N–H and O–H groups in total. The second kappa shape index (κ2) is 6.91. The van der Waals surface area contributed by atoms with Gasteiger partial charge in [-0.1, -0.05) is 17.9 Å². The van der Waals surface area contributed by atoms with Crippen LogP contribution >= 0.6 is 0 Å². The van der Waals surface area contributed by atoms with Crippen LogP contribution in [0.4, 0.5) is 0 Å². The summed E-state index contributed by atoms with van der Waals surface area (Å²) in [6.45, 7) is 5.73. The molecule has 0 saturated heterocycles. The molecule has 0 spiro atoms. The molecule has 21 heavy (non-hydrogen) atoms. The highest BCUT2D eigenvalue weighted by atomic mass is 16.2. The number of nitrogens with one attached hydrogen (secondary N) is 1. The first kappa shape index (κ1) is 16.7. The van der Waals surface area contributed by atoms with Gasteiger partial charge in [-0.2, -0.15) is 0 Å². The first-order valence-electron chi connectivity index (χ1n) is 6.65. The number of primary amides is 1. The molecule has 0 saturated carbocycles. The molecule has 0 bridgehead atoms. The summed E-state index contributed by atoms with van der Waals surface area (Å²) in [6.07, 6.45) is 0. The number of rotatable bonds is 4. The van der Waals surface area contributed by atoms with Crippen molar-refractivity contribution in [2.45, 2.75) is 20.8 Å². The highest BCUT2D eigenvalue weighted by Gasteiger charge is 2.25. The van der Waals surface area contributed by atoms with Gasteiger partial charge >= 0.3 is 0 Å². The fraction of sp³-hybridized carbons (Fsp3) is 0.375. The van der Waals surface area contributed by atoms with E-state index >= 15 is 0 Å². The van der Waals surface area contributed by atoms with Crippen LogP contribution in [0.1, 0.15) is 35.3 Å². The monoisotopic (exact) mass is 287 g/mol. The Morgan fingerprint density at radius 2 is 2.00 bits per heavy atom. The Kier molecular flexibility index (Phi) is 5.51. The van der Waals surface area contributed by atoms with Crippen molar-refractivity contribution in [3.05, 3.63) is 34.9 Å². The average Bonchev–Trinajstić information content (AvgIpc) is 2.43. The number of benzene rings is 1. The number of hydrogen-bond donors (Lipinski definition) is 3. The lowest BCUT2D eigenvalue weighted by Crippen LogP contribution is -2.42. The molecule has 0 aromatic heterocycles. The van der Waals surface area contributed by atoms with Gasteiger partial charge < -0.3 is 16.8 Å². The number of carbonyl (C=O) groups is 2. The molecule has 5 nitrogen and oxygen atoms in total. The third-order valence-electron chi connectivity index (χ3n) is 3.18. The van der Waals surface area contributed by atoms with Gasteiger partial charge in [-0.15, -0.1) is 0 Å². The molecule has 0 unspecified atom stereocenters. The minimum Gasteiger partial charge on any atom is -0.369 e. The predicted molar refractivity (Wildman–Crippen MR) is 82.4 cm³/mol. The Balaban J connectivity index is 2.86.